The molecule has 0 aromatic heterocycles. The third kappa shape index (κ3) is 17.2. The van der Waals surface area contributed by atoms with Gasteiger partial charge in [0.05, 0.1) is 33.3 Å². The highest BCUT2D eigenvalue weighted by Crippen LogP contribution is 2.43. The van der Waals surface area contributed by atoms with Crippen LogP contribution in [0.1, 0.15) is 72.9 Å². The molecule has 0 aliphatic rings. The molecular formula is C27H38Cl4F6O4. The summed E-state index contributed by atoms with van der Waals surface area (Å²) in [4.78, 5) is 0. The first kappa shape index (κ1) is 43.8. The standard InChI is InChI=1S/C11H14Cl2O2.C9H4Cl2F6O2.C3H8.2C2H6/c1-4-14-8-6-9(15-5-2)11(13)7(3)10(8)12;1-3-6(10)4(18-8(12,13)14)2-5(7(3)11)19-9(15,16)17;1-3-2;2*1-2/h6H,4-5H2,1-3H3;2H,1H3;3H2,1-2H3;2*1-2H3. The maximum absolute atomic E-state index is 12.0. The monoisotopic (exact) mass is 680 g/mol. The summed E-state index contributed by atoms with van der Waals surface area (Å²) in [6.07, 6.45) is -8.97. The van der Waals surface area contributed by atoms with E-state index >= 15 is 0 Å². The summed E-state index contributed by atoms with van der Waals surface area (Å²) in [5, 5.41) is -0.0238. The Morgan fingerprint density at radius 1 is 0.537 bits per heavy atom. The maximum atomic E-state index is 12.0. The first-order chi connectivity index (χ1) is 18.9. The van der Waals surface area contributed by atoms with Gasteiger partial charge in [-0.1, -0.05) is 94.4 Å². The van der Waals surface area contributed by atoms with Gasteiger partial charge in [-0.25, -0.2) is 0 Å². The van der Waals surface area contributed by atoms with Gasteiger partial charge in [0.25, 0.3) is 0 Å². The van der Waals surface area contributed by atoms with Crippen LogP contribution in [0, 0.1) is 13.8 Å². The Bertz CT molecular complexity index is 947. The van der Waals surface area contributed by atoms with Crippen LogP contribution in [0.5, 0.6) is 23.0 Å². The molecule has 0 saturated carbocycles. The minimum atomic E-state index is -5.11. The first-order valence-corrected chi connectivity index (χ1v) is 14.2. The summed E-state index contributed by atoms with van der Waals surface area (Å²) in [6, 6.07) is 2.04. The van der Waals surface area contributed by atoms with Crippen LogP contribution in [0.2, 0.25) is 20.1 Å². The van der Waals surface area contributed by atoms with Crippen molar-refractivity contribution in [1.82, 2.24) is 0 Å². The quantitative estimate of drug-likeness (QED) is 0.284. The average Bonchev–Trinajstić information content (AvgIpc) is 2.89. The van der Waals surface area contributed by atoms with Crippen molar-refractivity contribution in [3.05, 3.63) is 43.4 Å². The highest BCUT2D eigenvalue weighted by molar-refractivity contribution is 6.38. The zero-order chi connectivity index (χ0) is 33.1. The van der Waals surface area contributed by atoms with E-state index in [4.69, 9.17) is 55.9 Å². The second kappa shape index (κ2) is 22.0. The Hall–Kier alpha value is -1.62. The van der Waals surface area contributed by atoms with Gasteiger partial charge in [0.1, 0.15) is 11.5 Å². The van der Waals surface area contributed by atoms with Gasteiger partial charge in [-0.05, 0) is 38.8 Å². The van der Waals surface area contributed by atoms with Crippen LogP contribution in [-0.2, 0) is 0 Å². The molecule has 0 N–H and O–H groups in total. The first-order valence-electron chi connectivity index (χ1n) is 12.7. The van der Waals surface area contributed by atoms with Crippen molar-refractivity contribution in [3.8, 4) is 23.0 Å². The molecule has 240 valence electrons. The molecule has 0 atom stereocenters. The zero-order valence-corrected chi connectivity index (χ0v) is 27.7. The largest absolute Gasteiger partial charge is 0.573 e. The van der Waals surface area contributed by atoms with Crippen LogP contribution >= 0.6 is 46.4 Å². The molecule has 0 amide bonds. The summed E-state index contributed by atoms with van der Waals surface area (Å²) in [5.74, 6) is -0.834. The Balaban J connectivity index is -0.000000587. The topological polar surface area (TPSA) is 36.9 Å². The summed E-state index contributed by atoms with van der Waals surface area (Å²) < 4.78 is 90.0. The lowest BCUT2D eigenvalue weighted by Crippen LogP contribution is -2.19. The van der Waals surface area contributed by atoms with E-state index in [0.29, 0.717) is 40.8 Å². The van der Waals surface area contributed by atoms with Crippen LogP contribution in [0.15, 0.2) is 12.1 Å². The van der Waals surface area contributed by atoms with Gasteiger partial charge < -0.3 is 18.9 Å². The fraction of sp³-hybridized carbons (Fsp3) is 0.556. The normalized spacial score (nSPS) is 10.2. The number of halogens is 10. The molecule has 2 rings (SSSR count). The predicted molar refractivity (Wildman–Crippen MR) is 157 cm³/mol. The van der Waals surface area contributed by atoms with E-state index in [1.807, 2.05) is 48.5 Å². The van der Waals surface area contributed by atoms with E-state index in [1.54, 1.807) is 6.07 Å². The summed E-state index contributed by atoms with van der Waals surface area (Å²) >= 11 is 23.2. The van der Waals surface area contributed by atoms with E-state index in [1.165, 1.54) is 6.42 Å². The molecule has 0 bridgehead atoms. The van der Waals surface area contributed by atoms with Gasteiger partial charge in [-0.2, -0.15) is 0 Å². The summed E-state index contributed by atoms with van der Waals surface area (Å²) in [6.45, 7) is 20.1. The van der Waals surface area contributed by atoms with Crippen molar-refractivity contribution < 1.29 is 45.3 Å². The smallest absolute Gasteiger partial charge is 0.492 e. The number of hydrogen-bond donors (Lipinski definition) is 0. The van der Waals surface area contributed by atoms with Crippen molar-refractivity contribution in [3.63, 3.8) is 0 Å². The fourth-order valence-electron chi connectivity index (χ4n) is 2.34. The molecule has 14 heteroatoms. The van der Waals surface area contributed by atoms with Gasteiger partial charge in [0, 0.05) is 12.1 Å². The molecule has 2 aromatic carbocycles. The molecule has 0 heterocycles. The van der Waals surface area contributed by atoms with Crippen LogP contribution in [0.25, 0.3) is 0 Å². The lowest BCUT2D eigenvalue weighted by atomic mass is 10.2. The number of rotatable bonds is 6. The minimum absolute atomic E-state index is 0.232. The Kier molecular flexibility index (Phi) is 23.5. The molecule has 41 heavy (non-hydrogen) atoms. The van der Waals surface area contributed by atoms with E-state index in [9.17, 15) is 26.3 Å². The van der Waals surface area contributed by atoms with Crippen molar-refractivity contribution in [2.24, 2.45) is 0 Å². The van der Waals surface area contributed by atoms with Gasteiger partial charge in [0.2, 0.25) is 0 Å². The predicted octanol–water partition coefficient (Wildman–Crippen LogP) is 12.7. The van der Waals surface area contributed by atoms with Crippen molar-refractivity contribution in [2.75, 3.05) is 13.2 Å². The van der Waals surface area contributed by atoms with Crippen molar-refractivity contribution in [2.45, 2.75) is 88.4 Å². The van der Waals surface area contributed by atoms with Gasteiger partial charge in [-0.3, -0.25) is 0 Å². The summed E-state index contributed by atoms with van der Waals surface area (Å²) in [7, 11) is 0. The van der Waals surface area contributed by atoms with E-state index in [-0.39, 0.29) is 5.56 Å². The SMILES string of the molecule is CC.CC.CCC.CCOc1cc(OCC)c(Cl)c(C)c1Cl.Cc1c(Cl)c(OC(F)(F)F)cc(OC(F)(F)F)c1Cl. The van der Waals surface area contributed by atoms with E-state index in [0.717, 1.165) is 12.5 Å². The highest BCUT2D eigenvalue weighted by Gasteiger charge is 2.36. The Morgan fingerprint density at radius 2 is 0.756 bits per heavy atom. The van der Waals surface area contributed by atoms with Crippen LogP contribution < -0.4 is 18.9 Å². The number of hydrogen-bond acceptors (Lipinski definition) is 4. The second-order valence-electron chi connectivity index (χ2n) is 6.92. The second-order valence-corrected chi connectivity index (χ2v) is 8.43. The zero-order valence-electron chi connectivity index (χ0n) is 24.7. The van der Waals surface area contributed by atoms with E-state index < -0.39 is 34.3 Å². The summed E-state index contributed by atoms with van der Waals surface area (Å²) in [5.41, 5.74) is 0.553. The molecule has 0 unspecified atom stereocenters. The van der Waals surface area contributed by atoms with Crippen molar-refractivity contribution >= 4 is 46.4 Å². The third-order valence-electron chi connectivity index (χ3n) is 3.76. The van der Waals surface area contributed by atoms with Gasteiger partial charge in [0.15, 0.2) is 11.5 Å². The molecule has 0 spiro atoms. The maximum Gasteiger partial charge on any atom is 0.573 e. The van der Waals surface area contributed by atoms with Crippen LogP contribution in [-0.4, -0.2) is 25.9 Å². The third-order valence-corrected chi connectivity index (χ3v) is 5.64. The molecular weight excluding hydrogens is 644 g/mol. The molecule has 0 radical (unpaired) electrons. The molecule has 2 aromatic rings. The van der Waals surface area contributed by atoms with Crippen molar-refractivity contribution in [1.29, 1.82) is 0 Å². The number of ether oxygens (including phenoxy) is 4. The lowest BCUT2D eigenvalue weighted by Gasteiger charge is -2.16. The highest BCUT2D eigenvalue weighted by atomic mass is 35.5. The number of benzene rings is 2. The Morgan fingerprint density at radius 3 is 0.976 bits per heavy atom. The molecule has 0 saturated heterocycles. The molecule has 4 nitrogen and oxygen atoms in total. The minimum Gasteiger partial charge on any atom is -0.492 e. The fourth-order valence-corrected chi connectivity index (χ4v) is 3.22. The van der Waals surface area contributed by atoms with Gasteiger partial charge in [-0.15, -0.1) is 26.3 Å². The van der Waals surface area contributed by atoms with Crippen LogP contribution in [0.3, 0.4) is 0 Å². The lowest BCUT2D eigenvalue weighted by molar-refractivity contribution is -0.276. The molecule has 0 fully saturated rings. The molecule has 0 aliphatic heterocycles. The average molecular weight is 682 g/mol. The number of alkyl halides is 6. The van der Waals surface area contributed by atoms with E-state index in [2.05, 4.69) is 23.3 Å². The molecule has 0 aliphatic carbocycles. The van der Waals surface area contributed by atoms with Crippen LogP contribution in [0.4, 0.5) is 26.3 Å². The Labute approximate surface area is 259 Å². The van der Waals surface area contributed by atoms with Gasteiger partial charge >= 0.3 is 12.7 Å².